The van der Waals surface area contributed by atoms with Crippen LogP contribution in [0.2, 0.25) is 0 Å². The number of aryl methyl sites for hydroxylation is 1. The smallest absolute Gasteiger partial charge is 0.280 e. The third kappa shape index (κ3) is 3.61. The van der Waals surface area contributed by atoms with Crippen LogP contribution in [-0.4, -0.2) is 65.7 Å². The summed E-state index contributed by atoms with van der Waals surface area (Å²) in [5.41, 5.74) is 2.88. The largest absolute Gasteiger partial charge is 0.497 e. The minimum atomic E-state index is -0.0851. The van der Waals surface area contributed by atoms with Crippen LogP contribution in [0.4, 0.5) is 0 Å². The molecule has 0 amide bonds. The molecule has 0 bridgehead atoms. The number of H-pyrrole nitrogens is 1. The number of aromatic amines is 1. The molecular weight excluding hydrogens is 318 g/mol. The van der Waals surface area contributed by atoms with Crippen LogP contribution in [0.15, 0.2) is 34.2 Å². The van der Waals surface area contributed by atoms with Gasteiger partial charge in [-0.1, -0.05) is 0 Å². The van der Waals surface area contributed by atoms with Gasteiger partial charge < -0.3 is 9.64 Å². The number of hydrogen-bond donors (Lipinski definition) is 1. The molecule has 1 saturated heterocycles. The Bertz CT molecular complexity index is 811. The van der Waals surface area contributed by atoms with Crippen molar-refractivity contribution in [1.29, 1.82) is 0 Å². The highest BCUT2D eigenvalue weighted by Gasteiger charge is 2.17. The normalized spacial score (nSPS) is 16.3. The fraction of sp³-hybridized carbons (Fsp3) is 0.444. The Hall–Kier alpha value is -2.54. The van der Waals surface area contributed by atoms with Crippen LogP contribution in [0, 0.1) is 6.92 Å². The average Bonchev–Trinajstić information content (AvgIpc) is 2.91. The summed E-state index contributed by atoms with van der Waals surface area (Å²) in [7, 11) is 3.73. The lowest BCUT2D eigenvalue weighted by molar-refractivity contribution is 0.159. The van der Waals surface area contributed by atoms with Crippen molar-refractivity contribution in [2.24, 2.45) is 5.10 Å². The molecule has 0 spiro atoms. The van der Waals surface area contributed by atoms with Crippen molar-refractivity contribution in [3.8, 4) is 11.4 Å². The summed E-state index contributed by atoms with van der Waals surface area (Å²) >= 11 is 0. The van der Waals surface area contributed by atoms with Crippen molar-refractivity contribution >= 4 is 5.71 Å². The van der Waals surface area contributed by atoms with Crippen molar-refractivity contribution in [3.05, 3.63) is 45.9 Å². The second-order valence-corrected chi connectivity index (χ2v) is 6.39. The van der Waals surface area contributed by atoms with Gasteiger partial charge in [-0.05, 0) is 45.2 Å². The number of methoxy groups -OCH3 is 1. The SMILES string of the molecule is COc1ccc(-n2[nH]c(C)c(/C(C)=N/N3CCN(C)CC3)c2=O)cc1. The first kappa shape index (κ1) is 17.3. The molecule has 2 aromatic rings. The number of nitrogens with zero attached hydrogens (tertiary/aromatic N) is 4. The standard InChI is InChI=1S/C18H25N5O2/c1-13(19-22-11-9-21(3)10-12-22)17-14(2)20-23(18(17)24)15-5-7-16(25-4)8-6-15/h5-8,20H,9-12H2,1-4H3/b19-13+. The lowest BCUT2D eigenvalue weighted by Gasteiger charge is -2.30. The molecule has 7 nitrogen and oxygen atoms in total. The topological polar surface area (TPSA) is 65.9 Å². The third-order valence-corrected chi connectivity index (χ3v) is 4.53. The second-order valence-electron chi connectivity index (χ2n) is 6.39. The number of aromatic nitrogens is 2. The van der Waals surface area contributed by atoms with E-state index in [1.54, 1.807) is 11.8 Å². The second kappa shape index (κ2) is 7.14. The Morgan fingerprint density at radius 3 is 2.40 bits per heavy atom. The maximum Gasteiger partial charge on any atom is 0.280 e. The number of hydrogen-bond acceptors (Lipinski definition) is 5. The molecule has 0 unspecified atom stereocenters. The van der Waals surface area contributed by atoms with Gasteiger partial charge in [0.25, 0.3) is 5.56 Å². The first-order chi connectivity index (χ1) is 12.0. The van der Waals surface area contributed by atoms with E-state index in [0.717, 1.165) is 49.0 Å². The van der Waals surface area contributed by atoms with Gasteiger partial charge in [-0.2, -0.15) is 5.10 Å². The molecule has 0 saturated carbocycles. The van der Waals surface area contributed by atoms with Crippen molar-refractivity contribution in [1.82, 2.24) is 19.7 Å². The highest BCUT2D eigenvalue weighted by molar-refractivity contribution is 5.99. The molecule has 0 radical (unpaired) electrons. The van der Waals surface area contributed by atoms with E-state index in [9.17, 15) is 4.79 Å². The van der Waals surface area contributed by atoms with Crippen LogP contribution in [-0.2, 0) is 0 Å². The summed E-state index contributed by atoms with van der Waals surface area (Å²) in [6.07, 6.45) is 0. The summed E-state index contributed by atoms with van der Waals surface area (Å²) in [6.45, 7) is 7.53. The summed E-state index contributed by atoms with van der Waals surface area (Å²) in [6, 6.07) is 7.38. The fourth-order valence-corrected chi connectivity index (χ4v) is 3.04. The number of benzene rings is 1. The van der Waals surface area contributed by atoms with Crippen molar-refractivity contribution in [2.75, 3.05) is 40.3 Å². The Morgan fingerprint density at radius 2 is 1.80 bits per heavy atom. The lowest BCUT2D eigenvalue weighted by atomic mass is 10.2. The van der Waals surface area contributed by atoms with Gasteiger partial charge in [-0.3, -0.25) is 14.9 Å². The Kier molecular flexibility index (Phi) is 4.94. The monoisotopic (exact) mass is 343 g/mol. The van der Waals surface area contributed by atoms with Gasteiger partial charge in [0.2, 0.25) is 0 Å². The maximum absolute atomic E-state index is 12.9. The Morgan fingerprint density at radius 1 is 1.16 bits per heavy atom. The molecule has 1 aromatic carbocycles. The van der Waals surface area contributed by atoms with Crippen molar-refractivity contribution < 1.29 is 4.74 Å². The summed E-state index contributed by atoms with van der Waals surface area (Å²) in [5, 5.41) is 9.85. The number of ether oxygens (including phenoxy) is 1. The zero-order chi connectivity index (χ0) is 18.0. The number of hydrazone groups is 1. The Balaban J connectivity index is 1.89. The van der Waals surface area contributed by atoms with E-state index in [1.807, 2.05) is 43.1 Å². The van der Waals surface area contributed by atoms with E-state index in [0.29, 0.717) is 5.56 Å². The van der Waals surface area contributed by atoms with Gasteiger partial charge >= 0.3 is 0 Å². The molecule has 1 N–H and O–H groups in total. The predicted molar refractivity (Wildman–Crippen MR) is 99.0 cm³/mol. The van der Waals surface area contributed by atoms with Crippen LogP contribution < -0.4 is 10.3 Å². The summed E-state index contributed by atoms with van der Waals surface area (Å²) in [4.78, 5) is 15.2. The van der Waals surface area contributed by atoms with Gasteiger partial charge in [0.15, 0.2) is 0 Å². The van der Waals surface area contributed by atoms with Crippen molar-refractivity contribution in [3.63, 3.8) is 0 Å². The maximum atomic E-state index is 12.9. The van der Waals surface area contributed by atoms with Crippen LogP contribution in [0.3, 0.4) is 0 Å². The fourth-order valence-electron chi connectivity index (χ4n) is 3.04. The molecule has 25 heavy (non-hydrogen) atoms. The van der Waals surface area contributed by atoms with Gasteiger partial charge in [0.05, 0.1) is 24.1 Å². The van der Waals surface area contributed by atoms with E-state index < -0.39 is 0 Å². The minimum absolute atomic E-state index is 0.0851. The summed E-state index contributed by atoms with van der Waals surface area (Å²) < 4.78 is 6.72. The number of likely N-dealkylation sites (N-methyl/N-ethyl adjacent to an activating group) is 1. The zero-order valence-corrected chi connectivity index (χ0v) is 15.2. The van der Waals surface area contributed by atoms with Gasteiger partial charge in [0, 0.05) is 31.9 Å². The van der Waals surface area contributed by atoms with E-state index in [1.165, 1.54) is 0 Å². The van der Waals surface area contributed by atoms with E-state index in [2.05, 4.69) is 22.1 Å². The summed E-state index contributed by atoms with van der Waals surface area (Å²) in [5.74, 6) is 0.758. The molecule has 0 atom stereocenters. The quantitative estimate of drug-likeness (QED) is 0.854. The van der Waals surface area contributed by atoms with E-state index in [4.69, 9.17) is 4.74 Å². The van der Waals surface area contributed by atoms with Gasteiger partial charge in [-0.15, -0.1) is 0 Å². The average molecular weight is 343 g/mol. The molecule has 3 rings (SSSR count). The van der Waals surface area contributed by atoms with E-state index >= 15 is 0 Å². The molecule has 1 aromatic heterocycles. The Labute approximate surface area is 147 Å². The molecule has 1 aliphatic rings. The molecule has 0 aliphatic carbocycles. The highest BCUT2D eigenvalue weighted by atomic mass is 16.5. The number of piperazine rings is 1. The van der Waals surface area contributed by atoms with Crippen LogP contribution in [0.5, 0.6) is 5.75 Å². The zero-order valence-electron chi connectivity index (χ0n) is 15.2. The van der Waals surface area contributed by atoms with Crippen LogP contribution in [0.25, 0.3) is 5.69 Å². The minimum Gasteiger partial charge on any atom is -0.497 e. The highest BCUT2D eigenvalue weighted by Crippen LogP contribution is 2.14. The predicted octanol–water partition coefficient (Wildman–Crippen LogP) is 1.45. The molecule has 1 aliphatic heterocycles. The van der Waals surface area contributed by atoms with Crippen LogP contribution >= 0.6 is 0 Å². The number of rotatable bonds is 4. The molecule has 134 valence electrons. The molecule has 1 fully saturated rings. The van der Waals surface area contributed by atoms with Gasteiger partial charge in [-0.25, -0.2) is 4.68 Å². The van der Waals surface area contributed by atoms with Gasteiger partial charge in [0.1, 0.15) is 5.75 Å². The molecular formula is C18H25N5O2. The lowest BCUT2D eigenvalue weighted by Crippen LogP contribution is -2.42. The third-order valence-electron chi connectivity index (χ3n) is 4.53. The van der Waals surface area contributed by atoms with Crippen molar-refractivity contribution in [2.45, 2.75) is 13.8 Å². The first-order valence-electron chi connectivity index (χ1n) is 8.44. The van der Waals surface area contributed by atoms with E-state index in [-0.39, 0.29) is 5.56 Å². The molecule has 2 heterocycles. The first-order valence-corrected chi connectivity index (χ1v) is 8.44. The van der Waals surface area contributed by atoms with Crippen LogP contribution in [0.1, 0.15) is 18.2 Å². The molecule has 7 heteroatoms. The number of nitrogens with one attached hydrogen (secondary N) is 1.